The minimum Gasteiger partial charge on any atom is -0.388 e. The Bertz CT molecular complexity index is 778. The van der Waals surface area contributed by atoms with Gasteiger partial charge in [-0.05, 0) is 41.6 Å². The van der Waals surface area contributed by atoms with Crippen LogP contribution in [0.4, 0.5) is 0 Å². The van der Waals surface area contributed by atoms with Gasteiger partial charge >= 0.3 is 0 Å². The molecular weight excluding hydrogens is 279 g/mol. The number of rotatable bonds is 1. The van der Waals surface area contributed by atoms with Gasteiger partial charge < -0.3 is 5.11 Å². The summed E-state index contributed by atoms with van der Waals surface area (Å²) in [5, 5.41) is 11.0. The van der Waals surface area contributed by atoms with Crippen molar-refractivity contribution >= 4 is 23.2 Å². The van der Waals surface area contributed by atoms with Crippen LogP contribution in [0.1, 0.15) is 46.9 Å². The number of benzene rings is 2. The van der Waals surface area contributed by atoms with Gasteiger partial charge in [0.15, 0.2) is 0 Å². The highest BCUT2D eigenvalue weighted by molar-refractivity contribution is 6.42. The smallest absolute Gasteiger partial charge is 0.0793 e. The van der Waals surface area contributed by atoms with Crippen LogP contribution < -0.4 is 0 Å². The molecule has 3 heteroatoms. The summed E-state index contributed by atoms with van der Waals surface area (Å²) >= 11 is 12.0. The van der Waals surface area contributed by atoms with Gasteiger partial charge in [-0.25, -0.2) is 0 Å². The third-order valence-electron chi connectivity index (χ3n) is 3.21. The van der Waals surface area contributed by atoms with Crippen molar-refractivity contribution in [1.29, 1.82) is 0 Å². The maximum absolute atomic E-state index is 10.4. The number of hydrogen-bond acceptors (Lipinski definition) is 1. The molecule has 98 valence electrons. The second-order valence-corrected chi connectivity index (χ2v) is 5.17. The molecule has 0 aromatic heterocycles. The second-order valence-electron chi connectivity index (χ2n) is 4.36. The van der Waals surface area contributed by atoms with E-state index in [4.69, 9.17) is 28.7 Å². The predicted octanol–water partition coefficient (Wildman–Crippen LogP) is 4.95. The number of aliphatic hydroxyl groups is 1. The molecule has 0 unspecified atom stereocenters. The molecule has 0 bridgehead atoms. The van der Waals surface area contributed by atoms with E-state index in [2.05, 4.69) is 0 Å². The molecule has 0 saturated heterocycles. The maximum Gasteiger partial charge on any atom is 0.0793 e. The largest absolute Gasteiger partial charge is 0.388 e. The van der Waals surface area contributed by atoms with E-state index < -0.39 is 18.3 Å². The first-order chi connectivity index (χ1) is 10.6. The van der Waals surface area contributed by atoms with Crippen molar-refractivity contribution in [2.75, 3.05) is 0 Å². The van der Waals surface area contributed by atoms with Crippen molar-refractivity contribution in [1.82, 2.24) is 0 Å². The van der Waals surface area contributed by atoms with Gasteiger partial charge in [-0.15, -0.1) is 0 Å². The van der Waals surface area contributed by atoms with Gasteiger partial charge in [-0.2, -0.15) is 0 Å². The summed E-state index contributed by atoms with van der Waals surface area (Å²) in [5.41, 5.74) is 0.960. The second kappa shape index (κ2) is 5.16. The highest BCUT2D eigenvalue weighted by Gasteiger charge is 2.26. The molecule has 3 rings (SSSR count). The summed E-state index contributed by atoms with van der Waals surface area (Å²) in [4.78, 5) is 0. The lowest BCUT2D eigenvalue weighted by molar-refractivity contribution is 0.153. The van der Waals surface area contributed by atoms with E-state index >= 15 is 0 Å². The lowest BCUT2D eigenvalue weighted by Crippen LogP contribution is -2.15. The standard InChI is InChI=1S/C16H14Cl2O/c17-14-7-5-10(9-15(14)18)11-6-8-16(19)13-4-2-1-3-12(11)13/h1-5,7,9,11,16,19H,6,8H2/t11-,16+/m0/s1/i8D2,11D,16D. The van der Waals surface area contributed by atoms with Crippen LogP contribution in [0.25, 0.3) is 0 Å². The van der Waals surface area contributed by atoms with Gasteiger partial charge in [0.05, 0.1) is 17.5 Å². The highest BCUT2D eigenvalue weighted by Crippen LogP contribution is 2.42. The van der Waals surface area contributed by atoms with E-state index in [-0.39, 0.29) is 17.0 Å². The molecule has 0 radical (unpaired) electrons. The quantitative estimate of drug-likeness (QED) is 0.789. The van der Waals surface area contributed by atoms with E-state index in [1.165, 1.54) is 12.1 Å². The van der Waals surface area contributed by atoms with Crippen LogP contribution in [-0.2, 0) is 0 Å². The molecule has 0 heterocycles. The molecule has 1 N–H and O–H groups in total. The monoisotopic (exact) mass is 296 g/mol. The summed E-state index contributed by atoms with van der Waals surface area (Å²) in [7, 11) is 0. The van der Waals surface area contributed by atoms with Crippen molar-refractivity contribution in [2.24, 2.45) is 0 Å². The first-order valence-corrected chi connectivity index (χ1v) is 6.63. The normalized spacial score (nSPS) is 35.5. The Balaban J connectivity index is 2.28. The van der Waals surface area contributed by atoms with Crippen molar-refractivity contribution in [3.05, 3.63) is 69.2 Å². The summed E-state index contributed by atoms with van der Waals surface area (Å²) in [5.74, 6) is -1.47. The zero-order valence-corrected chi connectivity index (χ0v) is 11.5. The van der Waals surface area contributed by atoms with E-state index in [0.29, 0.717) is 16.1 Å². The van der Waals surface area contributed by atoms with Gasteiger partial charge in [0.25, 0.3) is 0 Å². The molecule has 0 amide bonds. The van der Waals surface area contributed by atoms with Gasteiger partial charge in [0.1, 0.15) is 0 Å². The molecular formula is C16H14Cl2O. The molecule has 1 aliphatic rings. The van der Waals surface area contributed by atoms with E-state index in [0.717, 1.165) is 0 Å². The lowest BCUT2D eigenvalue weighted by Gasteiger charge is -2.29. The van der Waals surface area contributed by atoms with Crippen LogP contribution in [0, 0.1) is 0 Å². The molecule has 0 aliphatic heterocycles. The van der Waals surface area contributed by atoms with Crippen LogP contribution in [0.3, 0.4) is 0 Å². The Morgan fingerprint density at radius 2 is 1.84 bits per heavy atom. The van der Waals surface area contributed by atoms with Gasteiger partial charge in [-0.1, -0.05) is 53.5 Å². The fourth-order valence-electron chi connectivity index (χ4n) is 2.26. The average molecular weight is 297 g/mol. The number of hydrogen-bond donors (Lipinski definition) is 1. The Kier molecular flexibility index (Phi) is 2.45. The predicted molar refractivity (Wildman–Crippen MR) is 78.9 cm³/mol. The third-order valence-corrected chi connectivity index (χ3v) is 3.95. The average Bonchev–Trinajstić information content (AvgIpc) is 2.48. The van der Waals surface area contributed by atoms with Gasteiger partial charge in [0.2, 0.25) is 0 Å². The van der Waals surface area contributed by atoms with Crippen LogP contribution in [-0.4, -0.2) is 5.11 Å². The molecule has 1 nitrogen and oxygen atoms in total. The zero-order chi connectivity index (χ0) is 17.0. The van der Waals surface area contributed by atoms with E-state index in [1.54, 1.807) is 30.3 Å². The van der Waals surface area contributed by atoms with E-state index in [9.17, 15) is 5.11 Å². The molecule has 2 aromatic rings. The summed E-state index contributed by atoms with van der Waals surface area (Å²) in [6.45, 7) is 0. The molecule has 0 fully saturated rings. The highest BCUT2D eigenvalue weighted by atomic mass is 35.5. The minimum atomic E-state index is -2.41. The van der Waals surface area contributed by atoms with Crippen LogP contribution in [0.5, 0.6) is 0 Å². The molecule has 1 aliphatic carbocycles. The van der Waals surface area contributed by atoms with Crippen LogP contribution in [0.2, 0.25) is 10.0 Å². The molecule has 2 aromatic carbocycles. The first kappa shape index (κ1) is 9.02. The zero-order valence-electron chi connectivity index (χ0n) is 14.0. The maximum atomic E-state index is 10.4. The van der Waals surface area contributed by atoms with Crippen molar-refractivity contribution in [3.63, 3.8) is 0 Å². The van der Waals surface area contributed by atoms with Gasteiger partial charge in [0, 0.05) is 10.0 Å². The SMILES string of the molecule is [2H]C1([2H])C[C@@]([2H])(c2ccc(Cl)c(Cl)c2)c2ccccc2[C@]1([2H])O. The van der Waals surface area contributed by atoms with Crippen molar-refractivity contribution in [3.8, 4) is 0 Å². The Labute approximate surface area is 128 Å². The molecule has 0 spiro atoms. The fourth-order valence-corrected chi connectivity index (χ4v) is 2.55. The topological polar surface area (TPSA) is 20.2 Å². The fraction of sp³-hybridized carbons (Fsp3) is 0.250. The Hall–Kier alpha value is -1.02. The van der Waals surface area contributed by atoms with E-state index in [1.807, 2.05) is 0 Å². The minimum absolute atomic E-state index is 0.0947. The van der Waals surface area contributed by atoms with Crippen LogP contribution >= 0.6 is 23.2 Å². The molecule has 2 atom stereocenters. The number of halogens is 2. The molecule has 19 heavy (non-hydrogen) atoms. The molecule has 0 saturated carbocycles. The lowest BCUT2D eigenvalue weighted by atomic mass is 9.78. The first-order valence-electron chi connectivity index (χ1n) is 7.87. The Morgan fingerprint density at radius 3 is 2.58 bits per heavy atom. The summed E-state index contributed by atoms with van der Waals surface area (Å²) in [6.07, 6.45) is -5.07. The summed E-state index contributed by atoms with van der Waals surface area (Å²) in [6, 6.07) is 11.2. The van der Waals surface area contributed by atoms with Gasteiger partial charge in [-0.3, -0.25) is 0 Å². The number of fused-ring (bicyclic) bond motifs is 1. The van der Waals surface area contributed by atoms with Crippen molar-refractivity contribution in [2.45, 2.75) is 24.8 Å². The van der Waals surface area contributed by atoms with Crippen molar-refractivity contribution < 1.29 is 10.6 Å². The summed E-state index contributed by atoms with van der Waals surface area (Å²) < 4.78 is 33.2. The third kappa shape index (κ3) is 2.38. The Morgan fingerprint density at radius 1 is 1.11 bits per heavy atom. The van der Waals surface area contributed by atoms with Crippen LogP contribution in [0.15, 0.2) is 42.5 Å².